The molecule has 1 N–H and O–H groups in total. The van der Waals surface area contributed by atoms with Crippen LogP contribution in [0.15, 0.2) is 50.4 Å². The first-order valence-electron chi connectivity index (χ1n) is 5.73. The van der Waals surface area contributed by atoms with Crippen LogP contribution in [0.25, 0.3) is 0 Å². The molecule has 0 radical (unpaired) electrons. The largest absolute Gasteiger partial charge is 0.456 e. The maximum absolute atomic E-state index is 11.7. The number of halogens is 1. The quantitative estimate of drug-likeness (QED) is 0.695. The summed E-state index contributed by atoms with van der Waals surface area (Å²) < 4.78 is 6.18. The highest BCUT2D eigenvalue weighted by molar-refractivity contribution is 9.10. The number of hydrogen-bond donors (Lipinski definition) is 1. The molecular formula is C14H13BrN2O2. The third-order valence-electron chi connectivity index (χ3n) is 2.53. The van der Waals surface area contributed by atoms with Crippen LogP contribution in [0.1, 0.15) is 28.8 Å². The Labute approximate surface area is 119 Å². The molecule has 1 aromatic heterocycles. The van der Waals surface area contributed by atoms with Gasteiger partial charge < -0.3 is 4.42 Å². The molecule has 0 bridgehead atoms. The molecule has 98 valence electrons. The van der Waals surface area contributed by atoms with E-state index < -0.39 is 0 Å². The van der Waals surface area contributed by atoms with Crippen molar-refractivity contribution in [2.45, 2.75) is 13.8 Å². The predicted molar refractivity (Wildman–Crippen MR) is 77.3 cm³/mol. The Morgan fingerprint density at radius 2 is 2.11 bits per heavy atom. The van der Waals surface area contributed by atoms with Crippen LogP contribution in [0.2, 0.25) is 0 Å². The van der Waals surface area contributed by atoms with E-state index in [0.717, 1.165) is 15.7 Å². The minimum absolute atomic E-state index is 0.253. The molecule has 0 unspecified atom stereocenters. The van der Waals surface area contributed by atoms with Crippen molar-refractivity contribution in [2.24, 2.45) is 5.10 Å². The van der Waals surface area contributed by atoms with Crippen LogP contribution < -0.4 is 5.43 Å². The first-order valence-corrected chi connectivity index (χ1v) is 6.52. The minimum Gasteiger partial charge on any atom is -0.456 e. The Bertz CT molecular complexity index is 632. The number of hydrogen-bond acceptors (Lipinski definition) is 3. The zero-order valence-corrected chi connectivity index (χ0v) is 12.2. The lowest BCUT2D eigenvalue weighted by Gasteiger charge is -2.02. The second kappa shape index (κ2) is 5.84. The lowest BCUT2D eigenvalue weighted by atomic mass is 10.1. The number of hydrazone groups is 1. The molecule has 2 rings (SSSR count). The van der Waals surface area contributed by atoms with Crippen LogP contribution in [-0.2, 0) is 0 Å². The van der Waals surface area contributed by atoms with E-state index in [2.05, 4.69) is 26.5 Å². The number of amides is 1. The summed E-state index contributed by atoms with van der Waals surface area (Å²) in [6, 6.07) is 11.1. The van der Waals surface area contributed by atoms with Gasteiger partial charge in [-0.15, -0.1) is 0 Å². The fourth-order valence-corrected chi connectivity index (χ4v) is 1.92. The number of carbonyl (C=O) groups excluding carboxylic acids is 1. The summed E-state index contributed by atoms with van der Waals surface area (Å²) in [5.74, 6) is 0.587. The standard InChI is InChI=1S/C14H13BrN2O2/c1-9-6-7-13(19-9)14(18)17-16-10(2)11-4-3-5-12(15)8-11/h3-8H,1-2H3,(H,17,18)/b16-10+. The fraction of sp³-hybridized carbons (Fsp3) is 0.143. The molecule has 4 nitrogen and oxygen atoms in total. The summed E-state index contributed by atoms with van der Waals surface area (Å²) >= 11 is 3.39. The van der Waals surface area contributed by atoms with Crippen molar-refractivity contribution in [1.82, 2.24) is 5.43 Å². The zero-order valence-electron chi connectivity index (χ0n) is 10.6. The van der Waals surface area contributed by atoms with Gasteiger partial charge in [-0.1, -0.05) is 28.1 Å². The molecule has 1 heterocycles. The van der Waals surface area contributed by atoms with E-state index in [0.29, 0.717) is 5.76 Å². The van der Waals surface area contributed by atoms with Crippen molar-refractivity contribution in [1.29, 1.82) is 0 Å². The molecule has 1 aromatic carbocycles. The van der Waals surface area contributed by atoms with E-state index in [1.165, 1.54) is 0 Å². The van der Waals surface area contributed by atoms with Gasteiger partial charge in [0, 0.05) is 4.47 Å². The SMILES string of the molecule is C/C(=N\NC(=O)c1ccc(C)o1)c1cccc(Br)c1. The number of carbonyl (C=O) groups is 1. The number of rotatable bonds is 3. The molecule has 0 saturated carbocycles. The van der Waals surface area contributed by atoms with Crippen molar-refractivity contribution in [3.8, 4) is 0 Å². The van der Waals surface area contributed by atoms with Crippen molar-refractivity contribution in [3.05, 3.63) is 58.0 Å². The molecule has 0 aliphatic carbocycles. The fourth-order valence-electron chi connectivity index (χ4n) is 1.52. The van der Waals surface area contributed by atoms with E-state index in [-0.39, 0.29) is 11.7 Å². The molecule has 5 heteroatoms. The van der Waals surface area contributed by atoms with Crippen molar-refractivity contribution in [3.63, 3.8) is 0 Å². The normalized spacial score (nSPS) is 11.4. The Balaban J connectivity index is 2.08. The highest BCUT2D eigenvalue weighted by atomic mass is 79.9. The van der Waals surface area contributed by atoms with E-state index >= 15 is 0 Å². The molecule has 0 atom stereocenters. The van der Waals surface area contributed by atoms with Crippen LogP contribution in [0, 0.1) is 6.92 Å². The average Bonchev–Trinajstić information content (AvgIpc) is 2.82. The first kappa shape index (κ1) is 13.5. The number of aryl methyl sites for hydroxylation is 1. The smallest absolute Gasteiger partial charge is 0.307 e. The van der Waals surface area contributed by atoms with E-state index in [4.69, 9.17) is 4.42 Å². The van der Waals surface area contributed by atoms with Crippen molar-refractivity contribution < 1.29 is 9.21 Å². The second-order valence-electron chi connectivity index (χ2n) is 4.06. The summed E-state index contributed by atoms with van der Waals surface area (Å²) in [4.78, 5) is 11.7. The van der Waals surface area contributed by atoms with Crippen LogP contribution in [0.4, 0.5) is 0 Å². The third kappa shape index (κ3) is 3.54. The van der Waals surface area contributed by atoms with Crippen LogP contribution >= 0.6 is 15.9 Å². The van der Waals surface area contributed by atoms with E-state index in [9.17, 15) is 4.79 Å². The Hall–Kier alpha value is -1.88. The number of nitrogens with one attached hydrogen (secondary N) is 1. The molecule has 1 amide bonds. The highest BCUT2D eigenvalue weighted by Gasteiger charge is 2.09. The lowest BCUT2D eigenvalue weighted by Crippen LogP contribution is -2.18. The van der Waals surface area contributed by atoms with Gasteiger partial charge in [0.05, 0.1) is 5.71 Å². The topological polar surface area (TPSA) is 54.6 Å². The molecule has 0 aliphatic heterocycles. The van der Waals surface area contributed by atoms with E-state index in [1.54, 1.807) is 19.1 Å². The Morgan fingerprint density at radius 1 is 1.32 bits per heavy atom. The van der Waals surface area contributed by atoms with Gasteiger partial charge in [0.15, 0.2) is 5.76 Å². The van der Waals surface area contributed by atoms with Crippen molar-refractivity contribution in [2.75, 3.05) is 0 Å². The summed E-state index contributed by atoms with van der Waals surface area (Å²) in [6.45, 7) is 3.61. The second-order valence-corrected chi connectivity index (χ2v) is 4.97. The number of nitrogens with zero attached hydrogens (tertiary/aromatic N) is 1. The van der Waals surface area contributed by atoms with Gasteiger partial charge in [-0.3, -0.25) is 4.79 Å². The average molecular weight is 321 g/mol. The molecule has 0 spiro atoms. The summed E-state index contributed by atoms with van der Waals surface area (Å²) in [5, 5.41) is 4.06. The lowest BCUT2D eigenvalue weighted by molar-refractivity contribution is 0.0926. The molecule has 2 aromatic rings. The van der Waals surface area contributed by atoms with Crippen molar-refractivity contribution >= 4 is 27.5 Å². The minimum atomic E-state index is -0.359. The van der Waals surface area contributed by atoms with Crippen LogP contribution in [0.3, 0.4) is 0 Å². The highest BCUT2D eigenvalue weighted by Crippen LogP contribution is 2.12. The van der Waals surface area contributed by atoms with Gasteiger partial charge in [-0.05, 0) is 43.7 Å². The molecule has 0 aliphatic rings. The molecule has 0 fully saturated rings. The maximum atomic E-state index is 11.7. The monoisotopic (exact) mass is 320 g/mol. The van der Waals surface area contributed by atoms with Gasteiger partial charge >= 0.3 is 5.91 Å². The molecular weight excluding hydrogens is 308 g/mol. The zero-order chi connectivity index (χ0) is 13.8. The number of benzene rings is 1. The summed E-state index contributed by atoms with van der Waals surface area (Å²) in [7, 11) is 0. The first-order chi connectivity index (χ1) is 9.06. The van der Waals surface area contributed by atoms with Gasteiger partial charge in [-0.25, -0.2) is 5.43 Å². The van der Waals surface area contributed by atoms with Gasteiger partial charge in [-0.2, -0.15) is 5.10 Å². The predicted octanol–water partition coefficient (Wildman–Crippen LogP) is 3.50. The van der Waals surface area contributed by atoms with Gasteiger partial charge in [0.2, 0.25) is 0 Å². The third-order valence-corrected chi connectivity index (χ3v) is 3.02. The maximum Gasteiger partial charge on any atom is 0.307 e. The summed E-state index contributed by atoms with van der Waals surface area (Å²) in [6.07, 6.45) is 0. The molecule has 0 saturated heterocycles. The van der Waals surface area contributed by atoms with Gasteiger partial charge in [0.25, 0.3) is 0 Å². The Kier molecular flexibility index (Phi) is 4.16. The van der Waals surface area contributed by atoms with E-state index in [1.807, 2.05) is 31.2 Å². The van der Waals surface area contributed by atoms with Gasteiger partial charge in [0.1, 0.15) is 5.76 Å². The molecule has 19 heavy (non-hydrogen) atoms. The Morgan fingerprint density at radius 3 is 2.74 bits per heavy atom. The number of furan rings is 1. The summed E-state index contributed by atoms with van der Waals surface area (Å²) in [5.41, 5.74) is 4.13. The van der Waals surface area contributed by atoms with Crippen LogP contribution in [0.5, 0.6) is 0 Å². The van der Waals surface area contributed by atoms with Crippen LogP contribution in [-0.4, -0.2) is 11.6 Å².